The largest absolute Gasteiger partial charge is 0.444 e. The van der Waals surface area contributed by atoms with Gasteiger partial charge in [-0.2, -0.15) is 0 Å². The fourth-order valence-corrected chi connectivity index (χ4v) is 0.982. The standard InChI is InChI=1S/C10H13NO/c1-7-4-5-8(2)10(6-7)12-9(3)11/h4-6,11H,1-3H3. The molecule has 0 amide bonds. The van der Waals surface area contributed by atoms with Gasteiger partial charge in [0.25, 0.3) is 0 Å². The molecule has 0 aliphatic carbocycles. The quantitative estimate of drug-likeness (QED) is 0.501. The summed E-state index contributed by atoms with van der Waals surface area (Å²) in [5, 5.41) is 7.18. The van der Waals surface area contributed by atoms with Crippen molar-refractivity contribution in [3.63, 3.8) is 0 Å². The zero-order valence-corrected chi connectivity index (χ0v) is 7.64. The molecule has 2 nitrogen and oxygen atoms in total. The van der Waals surface area contributed by atoms with Gasteiger partial charge in [-0.05, 0) is 31.0 Å². The Bertz CT molecular complexity index is 305. The van der Waals surface area contributed by atoms with Crippen LogP contribution in [0.25, 0.3) is 0 Å². The van der Waals surface area contributed by atoms with Crippen LogP contribution >= 0.6 is 0 Å². The SMILES string of the molecule is CC(=N)Oc1cc(C)ccc1C. The van der Waals surface area contributed by atoms with E-state index in [9.17, 15) is 0 Å². The second-order valence-corrected chi connectivity index (χ2v) is 2.93. The summed E-state index contributed by atoms with van der Waals surface area (Å²) in [4.78, 5) is 0. The van der Waals surface area contributed by atoms with Crippen molar-refractivity contribution in [2.24, 2.45) is 0 Å². The van der Waals surface area contributed by atoms with Gasteiger partial charge in [0, 0.05) is 6.92 Å². The zero-order chi connectivity index (χ0) is 9.14. The normalized spacial score (nSPS) is 9.58. The monoisotopic (exact) mass is 163 g/mol. The first kappa shape index (κ1) is 8.78. The number of rotatable bonds is 1. The zero-order valence-electron chi connectivity index (χ0n) is 7.64. The molecule has 0 saturated carbocycles. The van der Waals surface area contributed by atoms with Crippen molar-refractivity contribution in [2.75, 3.05) is 0 Å². The maximum Gasteiger partial charge on any atom is 0.184 e. The highest BCUT2D eigenvalue weighted by Gasteiger charge is 1.99. The molecule has 64 valence electrons. The number of ether oxygens (including phenoxy) is 1. The van der Waals surface area contributed by atoms with E-state index in [1.807, 2.05) is 32.0 Å². The highest BCUT2D eigenvalue weighted by atomic mass is 16.5. The number of nitrogens with one attached hydrogen (secondary N) is 1. The van der Waals surface area contributed by atoms with Crippen molar-refractivity contribution < 1.29 is 4.74 Å². The summed E-state index contributed by atoms with van der Waals surface area (Å²) in [6, 6.07) is 5.96. The van der Waals surface area contributed by atoms with E-state index in [-0.39, 0.29) is 5.90 Å². The molecular formula is C10H13NO. The van der Waals surface area contributed by atoms with Crippen LogP contribution in [0.15, 0.2) is 18.2 Å². The average Bonchev–Trinajstić information content (AvgIpc) is 1.96. The van der Waals surface area contributed by atoms with Crippen molar-refractivity contribution in [3.8, 4) is 5.75 Å². The van der Waals surface area contributed by atoms with Crippen LogP contribution in [-0.4, -0.2) is 5.90 Å². The van der Waals surface area contributed by atoms with E-state index in [1.54, 1.807) is 6.92 Å². The Balaban J connectivity index is 2.97. The number of aryl methyl sites for hydroxylation is 2. The smallest absolute Gasteiger partial charge is 0.184 e. The Hall–Kier alpha value is -1.31. The van der Waals surface area contributed by atoms with E-state index in [1.165, 1.54) is 0 Å². The molecule has 0 atom stereocenters. The van der Waals surface area contributed by atoms with Crippen LogP contribution in [0.4, 0.5) is 0 Å². The predicted octanol–water partition coefficient (Wildman–Crippen LogP) is 2.68. The van der Waals surface area contributed by atoms with Crippen LogP contribution in [0.3, 0.4) is 0 Å². The molecule has 0 saturated heterocycles. The van der Waals surface area contributed by atoms with Crippen molar-refractivity contribution in [2.45, 2.75) is 20.8 Å². The predicted molar refractivity (Wildman–Crippen MR) is 49.9 cm³/mol. The molecule has 0 unspecified atom stereocenters. The first-order valence-corrected chi connectivity index (χ1v) is 3.90. The number of benzene rings is 1. The highest BCUT2D eigenvalue weighted by molar-refractivity contribution is 5.72. The van der Waals surface area contributed by atoms with Gasteiger partial charge in [0.2, 0.25) is 0 Å². The third kappa shape index (κ3) is 2.09. The molecular weight excluding hydrogens is 150 g/mol. The summed E-state index contributed by atoms with van der Waals surface area (Å²) >= 11 is 0. The molecule has 0 spiro atoms. The Morgan fingerprint density at radius 3 is 2.58 bits per heavy atom. The van der Waals surface area contributed by atoms with Crippen LogP contribution < -0.4 is 4.74 Å². The van der Waals surface area contributed by atoms with Crippen LogP contribution in [0.1, 0.15) is 18.1 Å². The summed E-state index contributed by atoms with van der Waals surface area (Å²) in [6.07, 6.45) is 0. The van der Waals surface area contributed by atoms with Crippen LogP contribution in [-0.2, 0) is 0 Å². The van der Waals surface area contributed by atoms with Gasteiger partial charge in [0.15, 0.2) is 5.90 Å². The topological polar surface area (TPSA) is 33.1 Å². The van der Waals surface area contributed by atoms with Crippen LogP contribution in [0, 0.1) is 19.3 Å². The lowest BCUT2D eigenvalue weighted by Gasteiger charge is -2.06. The lowest BCUT2D eigenvalue weighted by Crippen LogP contribution is -2.01. The molecule has 0 aromatic heterocycles. The molecule has 0 fully saturated rings. The summed E-state index contributed by atoms with van der Waals surface area (Å²) < 4.78 is 5.21. The Morgan fingerprint density at radius 2 is 2.00 bits per heavy atom. The van der Waals surface area contributed by atoms with E-state index in [0.717, 1.165) is 16.9 Å². The Morgan fingerprint density at radius 1 is 1.33 bits per heavy atom. The van der Waals surface area contributed by atoms with Gasteiger partial charge in [-0.15, -0.1) is 0 Å². The van der Waals surface area contributed by atoms with Gasteiger partial charge in [-0.1, -0.05) is 12.1 Å². The van der Waals surface area contributed by atoms with Gasteiger partial charge in [0.1, 0.15) is 5.75 Å². The maximum atomic E-state index is 7.18. The lowest BCUT2D eigenvalue weighted by atomic mass is 10.1. The molecule has 0 radical (unpaired) electrons. The maximum absolute atomic E-state index is 7.18. The van der Waals surface area contributed by atoms with E-state index in [0.29, 0.717) is 0 Å². The number of hydrogen-bond donors (Lipinski definition) is 1. The lowest BCUT2D eigenvalue weighted by molar-refractivity contribution is 0.537. The molecule has 0 heterocycles. The third-order valence-corrected chi connectivity index (χ3v) is 1.61. The summed E-state index contributed by atoms with van der Waals surface area (Å²) in [6.45, 7) is 5.60. The fourth-order valence-electron chi connectivity index (χ4n) is 0.982. The van der Waals surface area contributed by atoms with Gasteiger partial charge in [-0.3, -0.25) is 5.41 Å². The van der Waals surface area contributed by atoms with Crippen molar-refractivity contribution in [3.05, 3.63) is 29.3 Å². The van der Waals surface area contributed by atoms with Crippen molar-refractivity contribution in [1.29, 1.82) is 5.41 Å². The first-order chi connectivity index (χ1) is 5.59. The Labute approximate surface area is 72.7 Å². The van der Waals surface area contributed by atoms with Crippen LogP contribution in [0.2, 0.25) is 0 Å². The second-order valence-electron chi connectivity index (χ2n) is 2.93. The molecule has 12 heavy (non-hydrogen) atoms. The van der Waals surface area contributed by atoms with E-state index in [2.05, 4.69) is 0 Å². The summed E-state index contributed by atoms with van der Waals surface area (Å²) in [7, 11) is 0. The second kappa shape index (κ2) is 3.39. The summed E-state index contributed by atoms with van der Waals surface area (Å²) in [5.41, 5.74) is 2.21. The first-order valence-electron chi connectivity index (χ1n) is 3.90. The van der Waals surface area contributed by atoms with Crippen molar-refractivity contribution >= 4 is 5.90 Å². The molecule has 1 rings (SSSR count). The minimum Gasteiger partial charge on any atom is -0.444 e. The third-order valence-electron chi connectivity index (χ3n) is 1.61. The van der Waals surface area contributed by atoms with E-state index < -0.39 is 0 Å². The molecule has 0 bridgehead atoms. The molecule has 1 aromatic rings. The van der Waals surface area contributed by atoms with Crippen LogP contribution in [0.5, 0.6) is 5.75 Å². The highest BCUT2D eigenvalue weighted by Crippen LogP contribution is 2.18. The average molecular weight is 163 g/mol. The van der Waals surface area contributed by atoms with E-state index >= 15 is 0 Å². The van der Waals surface area contributed by atoms with Gasteiger partial charge >= 0.3 is 0 Å². The molecule has 1 N–H and O–H groups in total. The Kier molecular flexibility index (Phi) is 2.48. The molecule has 0 aliphatic heterocycles. The minimum absolute atomic E-state index is 0.226. The molecule has 0 aliphatic rings. The number of hydrogen-bond acceptors (Lipinski definition) is 2. The van der Waals surface area contributed by atoms with Gasteiger partial charge in [0.05, 0.1) is 0 Å². The van der Waals surface area contributed by atoms with Gasteiger partial charge < -0.3 is 4.74 Å². The summed E-state index contributed by atoms with van der Waals surface area (Å²) in [5.74, 6) is 1.01. The van der Waals surface area contributed by atoms with Gasteiger partial charge in [-0.25, -0.2) is 0 Å². The molecule has 1 aromatic carbocycles. The van der Waals surface area contributed by atoms with Crippen molar-refractivity contribution in [1.82, 2.24) is 0 Å². The fraction of sp³-hybridized carbons (Fsp3) is 0.300. The minimum atomic E-state index is 0.226. The van der Waals surface area contributed by atoms with E-state index in [4.69, 9.17) is 10.1 Å². The molecule has 2 heteroatoms.